The maximum absolute atomic E-state index is 11.1. The molecule has 1 heterocycles. The number of nitrogens with one attached hydrogen (secondary N) is 3. The predicted octanol–water partition coefficient (Wildman–Crippen LogP) is 1.15. The van der Waals surface area contributed by atoms with Crippen molar-refractivity contribution in [3.63, 3.8) is 0 Å². The van der Waals surface area contributed by atoms with Crippen molar-refractivity contribution in [1.82, 2.24) is 9.97 Å². The first-order valence-electron chi connectivity index (χ1n) is 5.95. The Labute approximate surface area is 98.4 Å². The van der Waals surface area contributed by atoms with Crippen molar-refractivity contribution < 1.29 is 0 Å². The van der Waals surface area contributed by atoms with Crippen molar-refractivity contribution >= 4 is 16.7 Å². The summed E-state index contributed by atoms with van der Waals surface area (Å²) in [6.45, 7) is 0. The maximum atomic E-state index is 11.1. The molecule has 1 aromatic heterocycles. The van der Waals surface area contributed by atoms with Crippen molar-refractivity contribution in [2.75, 3.05) is 5.32 Å². The number of hydrogen-bond donors (Lipinski definition) is 4. The molecule has 0 aliphatic heterocycles. The highest BCUT2D eigenvalue weighted by molar-refractivity contribution is 5.78. The molecule has 90 valence electrons. The Morgan fingerprint density at radius 1 is 1.24 bits per heavy atom. The van der Waals surface area contributed by atoms with Gasteiger partial charge in [0.2, 0.25) is 0 Å². The largest absolute Gasteiger partial charge is 0.382 e. The van der Waals surface area contributed by atoms with Crippen molar-refractivity contribution in [1.29, 1.82) is 0 Å². The van der Waals surface area contributed by atoms with E-state index in [1.54, 1.807) is 0 Å². The molecular formula is C12H16N4O. The highest BCUT2D eigenvalue weighted by atomic mass is 16.1. The number of H-pyrrole nitrogens is 2. The Morgan fingerprint density at radius 2 is 2.06 bits per heavy atom. The third kappa shape index (κ3) is 2.06. The molecule has 3 rings (SSSR count). The van der Waals surface area contributed by atoms with Crippen molar-refractivity contribution in [3.05, 3.63) is 28.7 Å². The number of imidazole rings is 1. The third-order valence-corrected chi connectivity index (χ3v) is 3.36. The van der Waals surface area contributed by atoms with E-state index in [1.165, 1.54) is 0 Å². The summed E-state index contributed by atoms with van der Waals surface area (Å²) in [5.74, 6) is 0. The van der Waals surface area contributed by atoms with Gasteiger partial charge in [-0.1, -0.05) is 0 Å². The summed E-state index contributed by atoms with van der Waals surface area (Å²) in [5.41, 5.74) is 8.42. The fourth-order valence-corrected chi connectivity index (χ4v) is 2.51. The van der Waals surface area contributed by atoms with E-state index in [1.807, 2.05) is 18.2 Å². The van der Waals surface area contributed by atoms with Crippen LogP contribution in [0.15, 0.2) is 23.0 Å². The quantitative estimate of drug-likeness (QED) is 0.626. The van der Waals surface area contributed by atoms with Crippen LogP contribution < -0.4 is 16.7 Å². The van der Waals surface area contributed by atoms with Crippen LogP contribution in [0.4, 0.5) is 5.69 Å². The van der Waals surface area contributed by atoms with Gasteiger partial charge in [0, 0.05) is 17.8 Å². The van der Waals surface area contributed by atoms with Gasteiger partial charge < -0.3 is 21.0 Å². The first-order chi connectivity index (χ1) is 8.20. The van der Waals surface area contributed by atoms with E-state index in [2.05, 4.69) is 15.3 Å². The van der Waals surface area contributed by atoms with Crippen LogP contribution in [0.5, 0.6) is 0 Å². The number of anilines is 1. The van der Waals surface area contributed by atoms with Crippen molar-refractivity contribution in [2.24, 2.45) is 5.73 Å². The molecule has 1 aliphatic carbocycles. The second kappa shape index (κ2) is 3.92. The number of fused-ring (bicyclic) bond motifs is 1. The zero-order valence-electron chi connectivity index (χ0n) is 9.49. The minimum absolute atomic E-state index is 0.167. The molecule has 0 radical (unpaired) electrons. The van der Waals surface area contributed by atoms with E-state index in [0.717, 1.165) is 36.0 Å². The lowest BCUT2D eigenvalue weighted by molar-refractivity contribution is 0.688. The molecule has 1 aromatic carbocycles. The first kappa shape index (κ1) is 10.4. The van der Waals surface area contributed by atoms with Gasteiger partial charge in [0.15, 0.2) is 0 Å². The summed E-state index contributed by atoms with van der Waals surface area (Å²) >= 11 is 0. The van der Waals surface area contributed by atoms with Crippen LogP contribution in [0.3, 0.4) is 0 Å². The fraction of sp³-hybridized carbons (Fsp3) is 0.417. The van der Waals surface area contributed by atoms with Crippen LogP contribution >= 0.6 is 0 Å². The van der Waals surface area contributed by atoms with Gasteiger partial charge in [-0.25, -0.2) is 4.79 Å². The summed E-state index contributed by atoms with van der Waals surface area (Å²) in [5, 5.41) is 3.46. The van der Waals surface area contributed by atoms with Crippen molar-refractivity contribution in [2.45, 2.75) is 31.3 Å². The second-order valence-corrected chi connectivity index (χ2v) is 4.75. The lowest BCUT2D eigenvalue weighted by Crippen LogP contribution is -2.20. The molecule has 0 spiro atoms. The molecule has 2 atom stereocenters. The highest BCUT2D eigenvalue weighted by Gasteiger charge is 2.21. The molecule has 5 heteroatoms. The van der Waals surface area contributed by atoms with E-state index < -0.39 is 0 Å². The molecule has 1 fully saturated rings. The molecule has 17 heavy (non-hydrogen) atoms. The summed E-state index contributed by atoms with van der Waals surface area (Å²) < 4.78 is 0. The molecule has 5 N–H and O–H groups in total. The van der Waals surface area contributed by atoms with Crippen LogP contribution in [0.1, 0.15) is 19.3 Å². The van der Waals surface area contributed by atoms with Gasteiger partial charge in [-0.15, -0.1) is 0 Å². The maximum Gasteiger partial charge on any atom is 0.323 e. The molecule has 5 nitrogen and oxygen atoms in total. The summed E-state index contributed by atoms with van der Waals surface area (Å²) in [4.78, 5) is 16.6. The smallest absolute Gasteiger partial charge is 0.323 e. The topological polar surface area (TPSA) is 86.7 Å². The molecular weight excluding hydrogens is 216 g/mol. The van der Waals surface area contributed by atoms with Gasteiger partial charge in [0.1, 0.15) is 0 Å². The molecule has 1 aliphatic rings. The normalized spacial score (nSPS) is 24.3. The second-order valence-electron chi connectivity index (χ2n) is 4.75. The summed E-state index contributed by atoms with van der Waals surface area (Å²) in [6.07, 6.45) is 3.21. The van der Waals surface area contributed by atoms with E-state index in [0.29, 0.717) is 12.1 Å². The first-order valence-corrected chi connectivity index (χ1v) is 5.95. The Hall–Kier alpha value is -1.75. The van der Waals surface area contributed by atoms with Crippen LogP contribution in [0.2, 0.25) is 0 Å². The number of rotatable bonds is 2. The lowest BCUT2D eigenvalue weighted by atomic mass is 10.2. The molecule has 1 saturated carbocycles. The summed E-state index contributed by atoms with van der Waals surface area (Å²) in [6, 6.07) is 6.62. The van der Waals surface area contributed by atoms with E-state index in [9.17, 15) is 4.79 Å². The number of hydrogen-bond acceptors (Lipinski definition) is 3. The van der Waals surface area contributed by atoms with Crippen LogP contribution in [0, 0.1) is 0 Å². The van der Waals surface area contributed by atoms with Gasteiger partial charge in [0.25, 0.3) is 0 Å². The highest BCUT2D eigenvalue weighted by Crippen LogP contribution is 2.23. The van der Waals surface area contributed by atoms with Gasteiger partial charge in [-0.2, -0.15) is 0 Å². The number of benzene rings is 1. The molecule has 2 aromatic rings. The molecule has 0 saturated heterocycles. The van der Waals surface area contributed by atoms with Crippen LogP contribution in [0.25, 0.3) is 11.0 Å². The monoisotopic (exact) mass is 232 g/mol. The van der Waals surface area contributed by atoms with Gasteiger partial charge >= 0.3 is 5.69 Å². The minimum Gasteiger partial charge on any atom is -0.382 e. The zero-order chi connectivity index (χ0) is 11.8. The zero-order valence-corrected chi connectivity index (χ0v) is 9.49. The van der Waals surface area contributed by atoms with Gasteiger partial charge in [-0.05, 0) is 37.5 Å². The number of aromatic amines is 2. The van der Waals surface area contributed by atoms with E-state index in [4.69, 9.17) is 5.73 Å². The van der Waals surface area contributed by atoms with Crippen molar-refractivity contribution in [3.8, 4) is 0 Å². The Bertz CT molecular complexity index is 585. The lowest BCUT2D eigenvalue weighted by Gasteiger charge is -2.13. The third-order valence-electron chi connectivity index (χ3n) is 3.36. The predicted molar refractivity (Wildman–Crippen MR) is 68.2 cm³/mol. The van der Waals surface area contributed by atoms with Crippen LogP contribution in [-0.2, 0) is 0 Å². The average molecular weight is 232 g/mol. The fourth-order valence-electron chi connectivity index (χ4n) is 2.51. The van der Waals surface area contributed by atoms with E-state index >= 15 is 0 Å². The molecule has 0 bridgehead atoms. The Morgan fingerprint density at radius 3 is 2.82 bits per heavy atom. The number of nitrogens with two attached hydrogens (primary N) is 1. The summed E-state index contributed by atoms with van der Waals surface area (Å²) in [7, 11) is 0. The minimum atomic E-state index is -0.167. The number of aromatic nitrogens is 2. The SMILES string of the molecule is NC1CCC(Nc2ccc3[nH]c(=O)[nH]c3c2)C1. The van der Waals surface area contributed by atoms with Gasteiger partial charge in [0.05, 0.1) is 11.0 Å². The van der Waals surface area contributed by atoms with Crippen LogP contribution in [-0.4, -0.2) is 22.1 Å². The van der Waals surface area contributed by atoms with Gasteiger partial charge in [-0.3, -0.25) is 0 Å². The molecule has 0 amide bonds. The van der Waals surface area contributed by atoms with E-state index in [-0.39, 0.29) is 5.69 Å². The molecule has 2 unspecified atom stereocenters. The Kier molecular flexibility index (Phi) is 2.40. The standard InChI is InChI=1S/C12H16N4O/c13-7-1-2-8(5-7)14-9-3-4-10-11(6-9)16-12(17)15-10/h3-4,6-8,14H,1-2,5,13H2,(H2,15,16,17). The Balaban J connectivity index is 1.83. The average Bonchev–Trinajstić information content (AvgIpc) is 2.83.